The molecular weight excluding hydrogens is 428 g/mol. The van der Waals surface area contributed by atoms with Gasteiger partial charge in [0.2, 0.25) is 0 Å². The molecule has 0 bridgehead atoms. The molecule has 0 saturated carbocycles. The number of benzene rings is 2. The van der Waals surface area contributed by atoms with E-state index in [9.17, 15) is 0 Å². The monoisotopic (exact) mass is 444 g/mol. The van der Waals surface area contributed by atoms with Crippen molar-refractivity contribution in [3.05, 3.63) is 78.9 Å². The molecule has 0 N–H and O–H groups in total. The number of rotatable bonds is 2. The molecule has 2 aliphatic carbocycles. The van der Waals surface area contributed by atoms with Gasteiger partial charge >= 0.3 is 0 Å². The van der Waals surface area contributed by atoms with Crippen LogP contribution in [0.4, 0.5) is 0 Å². The van der Waals surface area contributed by atoms with Gasteiger partial charge < -0.3 is 0 Å². The number of halogens is 2. The highest BCUT2D eigenvalue weighted by molar-refractivity contribution is 9.10. The predicted molar refractivity (Wildman–Crippen MR) is 109 cm³/mol. The molecule has 1 unspecified atom stereocenters. The minimum absolute atomic E-state index is 0.564. The molecule has 0 radical (unpaired) electrons. The molecule has 2 aromatic rings. The van der Waals surface area contributed by atoms with E-state index in [2.05, 4.69) is 99.6 Å². The average Bonchev–Trinajstić information content (AvgIpc) is 3.12. The Morgan fingerprint density at radius 2 is 1.65 bits per heavy atom. The fraction of sp³-hybridized carbons (Fsp3) is 0.200. The predicted octanol–water partition coefficient (Wildman–Crippen LogP) is 6.75. The minimum Gasteiger partial charge on any atom is -0.0787 e. The van der Waals surface area contributed by atoms with Gasteiger partial charge in [0.1, 0.15) is 0 Å². The Kier molecular flexibility index (Phi) is 3.78. The van der Waals surface area contributed by atoms with E-state index in [1.54, 1.807) is 5.20 Å². The third-order valence-electron chi connectivity index (χ3n) is 5.32. The van der Waals surface area contributed by atoms with Gasteiger partial charge in [-0.3, -0.25) is 0 Å². The first-order valence-electron chi connectivity index (χ1n) is 7.93. The van der Waals surface area contributed by atoms with Gasteiger partial charge in [0.05, 0.1) is 8.07 Å². The molecule has 116 valence electrons. The summed E-state index contributed by atoms with van der Waals surface area (Å²) in [5, 5.41) is 1.65. The van der Waals surface area contributed by atoms with E-state index in [0.717, 1.165) is 6.42 Å². The van der Waals surface area contributed by atoms with Crippen LogP contribution in [0.1, 0.15) is 27.8 Å². The summed E-state index contributed by atoms with van der Waals surface area (Å²) in [7, 11) is -1.60. The summed E-state index contributed by atoms with van der Waals surface area (Å²) in [4.78, 5) is 0. The second kappa shape index (κ2) is 5.57. The molecule has 0 aromatic heterocycles. The van der Waals surface area contributed by atoms with Gasteiger partial charge in [-0.05, 0) is 40.8 Å². The molecular formula is C20H18Br2Si. The van der Waals surface area contributed by atoms with Crippen LogP contribution in [0.3, 0.4) is 0 Å². The lowest BCUT2D eigenvalue weighted by Crippen LogP contribution is -2.36. The summed E-state index contributed by atoms with van der Waals surface area (Å²) in [5.41, 5.74) is 6.28. The molecule has 0 saturated heterocycles. The van der Waals surface area contributed by atoms with Crippen LogP contribution >= 0.6 is 31.9 Å². The van der Waals surface area contributed by atoms with Crippen molar-refractivity contribution in [2.24, 2.45) is 0 Å². The Morgan fingerprint density at radius 1 is 0.957 bits per heavy atom. The maximum atomic E-state index is 3.71. The van der Waals surface area contributed by atoms with E-state index >= 15 is 0 Å². The van der Waals surface area contributed by atoms with Gasteiger partial charge in [-0.15, -0.1) is 0 Å². The van der Waals surface area contributed by atoms with Crippen LogP contribution in [0.5, 0.6) is 0 Å². The lowest BCUT2D eigenvalue weighted by atomic mass is 10.1. The third kappa shape index (κ3) is 2.44. The molecule has 0 aliphatic heterocycles. The van der Waals surface area contributed by atoms with Crippen molar-refractivity contribution in [3.63, 3.8) is 0 Å². The van der Waals surface area contributed by atoms with E-state index in [0.29, 0.717) is 5.54 Å². The zero-order valence-corrected chi connectivity index (χ0v) is 17.4. The van der Waals surface area contributed by atoms with E-state index < -0.39 is 8.07 Å². The standard InChI is InChI=1S/C20H18Br2Si/c1-23(2,14-11-13-5-3-7-19(22)17(13)12-14)20-10-9-15-16(20)6-4-8-18(15)21/h3-10,12,20H,11H2,1-2H3. The fourth-order valence-corrected chi connectivity index (χ4v) is 8.07. The lowest BCUT2D eigenvalue weighted by molar-refractivity contribution is 1.13. The van der Waals surface area contributed by atoms with E-state index in [1.165, 1.54) is 31.2 Å². The SMILES string of the molecule is C[Si](C)(C1=Cc2c(Br)cccc2C1)C1C=Cc2c(Br)cccc21. The Labute approximate surface area is 155 Å². The molecule has 0 spiro atoms. The second-order valence-corrected chi connectivity index (χ2v) is 13.4. The first kappa shape index (κ1) is 15.6. The number of fused-ring (bicyclic) bond motifs is 2. The summed E-state index contributed by atoms with van der Waals surface area (Å²) in [6, 6.07) is 13.2. The van der Waals surface area contributed by atoms with Crippen LogP contribution in [0.15, 0.2) is 56.6 Å². The Morgan fingerprint density at radius 3 is 2.39 bits per heavy atom. The van der Waals surface area contributed by atoms with Crippen molar-refractivity contribution < 1.29 is 0 Å². The summed E-state index contributed by atoms with van der Waals surface area (Å²) in [6.45, 7) is 5.03. The van der Waals surface area contributed by atoms with Gasteiger partial charge in [0.25, 0.3) is 0 Å². The van der Waals surface area contributed by atoms with Crippen molar-refractivity contribution >= 4 is 52.1 Å². The maximum absolute atomic E-state index is 3.71. The van der Waals surface area contributed by atoms with Crippen LogP contribution < -0.4 is 0 Å². The minimum atomic E-state index is -1.60. The first-order chi connectivity index (χ1) is 11.0. The molecule has 0 fully saturated rings. The number of allylic oxidation sites excluding steroid dienone is 2. The Bertz CT molecular complexity index is 862. The van der Waals surface area contributed by atoms with Crippen molar-refractivity contribution in [1.82, 2.24) is 0 Å². The first-order valence-corrected chi connectivity index (χ1v) is 12.6. The Balaban J connectivity index is 1.75. The highest BCUT2D eigenvalue weighted by atomic mass is 79.9. The number of hydrogen-bond donors (Lipinski definition) is 0. The fourth-order valence-electron chi connectivity index (χ4n) is 3.87. The van der Waals surface area contributed by atoms with E-state index in [4.69, 9.17) is 0 Å². The molecule has 1 atom stereocenters. The van der Waals surface area contributed by atoms with Gasteiger partial charge in [-0.25, -0.2) is 0 Å². The van der Waals surface area contributed by atoms with E-state index in [1.807, 2.05) is 0 Å². The normalized spacial score (nSPS) is 18.8. The summed E-state index contributed by atoms with van der Waals surface area (Å²) in [5.74, 6) is 0. The Hall–Kier alpha value is -0.903. The van der Waals surface area contributed by atoms with Gasteiger partial charge in [0, 0.05) is 14.5 Å². The molecule has 23 heavy (non-hydrogen) atoms. The van der Waals surface area contributed by atoms with Crippen molar-refractivity contribution in [2.45, 2.75) is 25.1 Å². The molecule has 4 rings (SSSR count). The zero-order chi connectivity index (χ0) is 16.2. The van der Waals surface area contributed by atoms with Crippen LogP contribution in [0, 0.1) is 0 Å². The quantitative estimate of drug-likeness (QED) is 0.448. The zero-order valence-electron chi connectivity index (χ0n) is 13.2. The largest absolute Gasteiger partial charge is 0.0873 e. The topological polar surface area (TPSA) is 0 Å². The second-order valence-electron chi connectivity index (χ2n) is 6.96. The third-order valence-corrected chi connectivity index (χ3v) is 10.7. The summed E-state index contributed by atoms with van der Waals surface area (Å²) in [6.07, 6.45) is 8.30. The number of hydrogen-bond acceptors (Lipinski definition) is 0. The van der Waals surface area contributed by atoms with Crippen LogP contribution in [-0.2, 0) is 6.42 Å². The van der Waals surface area contributed by atoms with Gasteiger partial charge in [-0.1, -0.05) is 92.6 Å². The molecule has 0 heterocycles. The molecule has 0 nitrogen and oxygen atoms in total. The summed E-state index contributed by atoms with van der Waals surface area (Å²) >= 11 is 7.41. The van der Waals surface area contributed by atoms with Crippen LogP contribution in [-0.4, -0.2) is 8.07 Å². The summed E-state index contributed by atoms with van der Waals surface area (Å²) < 4.78 is 2.44. The highest BCUT2D eigenvalue weighted by Gasteiger charge is 2.39. The smallest absolute Gasteiger partial charge is 0.0787 e. The molecule has 3 heteroatoms. The van der Waals surface area contributed by atoms with E-state index in [-0.39, 0.29) is 0 Å². The van der Waals surface area contributed by atoms with Crippen molar-refractivity contribution in [3.8, 4) is 0 Å². The van der Waals surface area contributed by atoms with Crippen molar-refractivity contribution in [1.29, 1.82) is 0 Å². The van der Waals surface area contributed by atoms with Gasteiger partial charge in [-0.2, -0.15) is 0 Å². The van der Waals surface area contributed by atoms with Crippen molar-refractivity contribution in [2.75, 3.05) is 0 Å². The maximum Gasteiger partial charge on any atom is 0.0873 e. The highest BCUT2D eigenvalue weighted by Crippen LogP contribution is 2.45. The van der Waals surface area contributed by atoms with Crippen LogP contribution in [0.25, 0.3) is 12.2 Å². The molecule has 2 aromatic carbocycles. The lowest BCUT2D eigenvalue weighted by Gasteiger charge is -2.31. The molecule has 2 aliphatic rings. The van der Waals surface area contributed by atoms with Crippen LogP contribution in [0.2, 0.25) is 13.1 Å². The van der Waals surface area contributed by atoms with Gasteiger partial charge in [0.15, 0.2) is 0 Å². The average molecular weight is 446 g/mol. The molecule has 0 amide bonds.